The van der Waals surface area contributed by atoms with Gasteiger partial charge in [-0.25, -0.2) is 0 Å². The molecule has 6 heavy (non-hydrogen) atoms. The van der Waals surface area contributed by atoms with Crippen molar-refractivity contribution in [1.29, 1.82) is 0 Å². The molecule has 0 rings (SSSR count). The van der Waals surface area contributed by atoms with Crippen LogP contribution in [0, 0.1) is 0 Å². The predicted molar refractivity (Wildman–Crippen MR) is 25.9 cm³/mol. The summed E-state index contributed by atoms with van der Waals surface area (Å²) in [5, 5.41) is -0.840. The van der Waals surface area contributed by atoms with Crippen LogP contribution in [-0.2, 0) is 4.79 Å². The minimum absolute atomic E-state index is 0.142. The molecule has 0 aromatic carbocycles. The number of hydrogen-bond donors (Lipinski definition) is 0. The molecule has 0 aliphatic rings. The first-order chi connectivity index (χ1) is 2.64. The fourth-order valence-corrected chi connectivity index (χ4v) is 0. The Kier molecular flexibility index (Phi) is 2.21. The van der Waals surface area contributed by atoms with Crippen molar-refractivity contribution >= 4 is 28.4 Å². The van der Waals surface area contributed by atoms with Gasteiger partial charge in [-0.1, -0.05) is 18.2 Å². The van der Waals surface area contributed by atoms with Crippen LogP contribution in [0.2, 0.25) is 0 Å². The van der Waals surface area contributed by atoms with Crippen LogP contribution < -0.4 is 0 Å². The van der Waals surface area contributed by atoms with Gasteiger partial charge in [0.25, 0.3) is 5.24 Å². The molecule has 0 aliphatic heterocycles. The maximum Gasteiger partial charge on any atom is 0.263 e. The average Bonchev–Trinajstić information content (AvgIpc) is 1.36. The molecule has 0 aliphatic carbocycles. The maximum atomic E-state index is 9.68. The monoisotopic (exact) mass is 124 g/mol. The van der Waals surface area contributed by atoms with Crippen LogP contribution in [0.4, 0.5) is 0 Å². The highest BCUT2D eigenvalue weighted by Gasteiger charge is 1.93. The Morgan fingerprint density at radius 3 is 1.67 bits per heavy atom. The number of hydrogen-bond acceptors (Lipinski definition) is 1. The molecule has 0 amide bonds. The summed E-state index contributed by atoms with van der Waals surface area (Å²) in [6.07, 6.45) is 0. The minimum Gasteiger partial charge on any atom is -0.275 e. The third-order valence-corrected chi connectivity index (χ3v) is 0.710. The highest BCUT2D eigenvalue weighted by Crippen LogP contribution is 1.99. The van der Waals surface area contributed by atoms with E-state index in [1.54, 1.807) is 0 Å². The van der Waals surface area contributed by atoms with Crippen LogP contribution in [0.25, 0.3) is 0 Å². The Morgan fingerprint density at radius 1 is 1.50 bits per heavy atom. The first-order valence-electron chi connectivity index (χ1n) is 1.19. The summed E-state index contributed by atoms with van der Waals surface area (Å²) >= 11 is 9.68. The van der Waals surface area contributed by atoms with Crippen molar-refractivity contribution < 1.29 is 4.79 Å². The lowest BCUT2D eigenvalue weighted by atomic mass is 10.7. The van der Waals surface area contributed by atoms with Crippen molar-refractivity contribution in [3.63, 3.8) is 0 Å². The van der Waals surface area contributed by atoms with Crippen LogP contribution >= 0.6 is 23.2 Å². The van der Waals surface area contributed by atoms with E-state index >= 15 is 0 Å². The highest BCUT2D eigenvalue weighted by molar-refractivity contribution is 6.74. The lowest BCUT2D eigenvalue weighted by molar-refractivity contribution is -0.108. The van der Waals surface area contributed by atoms with Gasteiger partial charge in [-0.05, 0) is 11.6 Å². The van der Waals surface area contributed by atoms with Crippen molar-refractivity contribution in [2.45, 2.75) is 0 Å². The Bertz CT molecular complexity index is 74.8. The third kappa shape index (κ3) is 2.24. The first-order valence-corrected chi connectivity index (χ1v) is 1.94. The highest BCUT2D eigenvalue weighted by atomic mass is 35.5. The van der Waals surface area contributed by atoms with E-state index in [-0.39, 0.29) is 5.03 Å². The molecule has 3 heteroatoms. The van der Waals surface area contributed by atoms with Gasteiger partial charge in [0, 0.05) is 0 Å². The molecule has 0 unspecified atom stereocenters. The van der Waals surface area contributed by atoms with E-state index in [2.05, 4.69) is 6.58 Å². The quantitative estimate of drug-likeness (QED) is 0.383. The zero-order valence-corrected chi connectivity index (χ0v) is 4.38. The van der Waals surface area contributed by atoms with Crippen LogP contribution in [-0.4, -0.2) is 5.24 Å². The zero-order valence-electron chi connectivity index (χ0n) is 2.87. The molecule has 0 spiro atoms. The molecule has 0 aromatic rings. The van der Waals surface area contributed by atoms with E-state index in [1.165, 1.54) is 0 Å². The number of allylic oxidation sites excluding steroid dienone is 1. The molecule has 0 heterocycles. The molecule has 0 bridgehead atoms. The second-order valence-corrected chi connectivity index (χ2v) is 1.48. The van der Waals surface area contributed by atoms with Gasteiger partial charge >= 0.3 is 0 Å². The SMILES string of the molecule is C=C(Cl)C(=O)Cl. The van der Waals surface area contributed by atoms with E-state index in [0.717, 1.165) is 0 Å². The van der Waals surface area contributed by atoms with E-state index in [9.17, 15) is 4.79 Å². The zero-order chi connectivity index (χ0) is 5.15. The average molecular weight is 125 g/mol. The summed E-state index contributed by atoms with van der Waals surface area (Å²) in [5.41, 5.74) is 0. The summed E-state index contributed by atoms with van der Waals surface area (Å²) < 4.78 is 0. The topological polar surface area (TPSA) is 17.1 Å². The van der Waals surface area contributed by atoms with E-state index in [4.69, 9.17) is 23.2 Å². The number of carbonyl (C=O) groups is 1. The molecule has 0 atom stereocenters. The molecule has 0 saturated heterocycles. The van der Waals surface area contributed by atoms with Gasteiger partial charge in [0.2, 0.25) is 0 Å². The Balaban J connectivity index is 3.57. The van der Waals surface area contributed by atoms with Gasteiger partial charge in [0.1, 0.15) is 0 Å². The van der Waals surface area contributed by atoms with Gasteiger partial charge in [0.15, 0.2) is 0 Å². The molecular formula is C3H2Cl2O. The van der Waals surface area contributed by atoms with Crippen LogP contribution in [0.3, 0.4) is 0 Å². The summed E-state index contributed by atoms with van der Waals surface area (Å²) in [6, 6.07) is 0. The van der Waals surface area contributed by atoms with Crippen LogP contribution in [0.5, 0.6) is 0 Å². The van der Waals surface area contributed by atoms with Crippen molar-refractivity contribution in [2.24, 2.45) is 0 Å². The molecular weight excluding hydrogens is 123 g/mol. The second-order valence-electron chi connectivity index (χ2n) is 0.679. The van der Waals surface area contributed by atoms with E-state index < -0.39 is 5.24 Å². The summed E-state index contributed by atoms with van der Waals surface area (Å²) in [5.74, 6) is 0. The van der Waals surface area contributed by atoms with Crippen molar-refractivity contribution in [1.82, 2.24) is 0 Å². The van der Waals surface area contributed by atoms with Crippen molar-refractivity contribution in [3.05, 3.63) is 11.6 Å². The van der Waals surface area contributed by atoms with Crippen molar-refractivity contribution in [2.75, 3.05) is 0 Å². The van der Waals surface area contributed by atoms with Crippen molar-refractivity contribution in [3.8, 4) is 0 Å². The molecule has 0 radical (unpaired) electrons. The summed E-state index contributed by atoms with van der Waals surface area (Å²) in [6.45, 7) is 3.04. The summed E-state index contributed by atoms with van der Waals surface area (Å²) in [7, 11) is 0. The van der Waals surface area contributed by atoms with Gasteiger partial charge in [-0.2, -0.15) is 0 Å². The normalized spacial score (nSPS) is 7.67. The van der Waals surface area contributed by atoms with Gasteiger partial charge in [-0.3, -0.25) is 4.79 Å². The van der Waals surface area contributed by atoms with Gasteiger partial charge < -0.3 is 0 Å². The molecule has 0 aromatic heterocycles. The third-order valence-electron chi connectivity index (χ3n) is 0.213. The minimum atomic E-state index is -0.698. The number of rotatable bonds is 1. The number of carbonyl (C=O) groups excluding carboxylic acids is 1. The Labute approximate surface area is 45.5 Å². The predicted octanol–water partition coefficient (Wildman–Crippen LogP) is 1.50. The lowest BCUT2D eigenvalue weighted by Crippen LogP contribution is -1.78. The van der Waals surface area contributed by atoms with Crippen LogP contribution in [0.15, 0.2) is 11.6 Å². The molecule has 0 N–H and O–H groups in total. The van der Waals surface area contributed by atoms with Gasteiger partial charge in [0.05, 0.1) is 5.03 Å². The van der Waals surface area contributed by atoms with Crippen LogP contribution in [0.1, 0.15) is 0 Å². The Hall–Kier alpha value is -0.0100. The van der Waals surface area contributed by atoms with E-state index in [0.29, 0.717) is 0 Å². The second kappa shape index (κ2) is 2.21. The molecule has 0 saturated carbocycles. The van der Waals surface area contributed by atoms with Gasteiger partial charge in [-0.15, -0.1) is 0 Å². The standard InChI is InChI=1S/C3H2Cl2O/c1-2(4)3(5)6/h1H2. The largest absolute Gasteiger partial charge is 0.275 e. The molecule has 0 fully saturated rings. The fraction of sp³-hybridized carbons (Fsp3) is 0. The smallest absolute Gasteiger partial charge is 0.263 e. The molecule has 1 nitrogen and oxygen atoms in total. The lowest BCUT2D eigenvalue weighted by Gasteiger charge is -1.74. The van der Waals surface area contributed by atoms with E-state index in [1.807, 2.05) is 0 Å². The summed E-state index contributed by atoms with van der Waals surface area (Å²) in [4.78, 5) is 9.68. The molecule has 34 valence electrons. The number of halogens is 2. The maximum absolute atomic E-state index is 9.68. The first kappa shape index (κ1) is 5.99. The fourth-order valence-electron chi connectivity index (χ4n) is 0. The Morgan fingerprint density at radius 2 is 1.67 bits per heavy atom.